The maximum absolute atomic E-state index is 13.2. The van der Waals surface area contributed by atoms with Crippen LogP contribution in [0.3, 0.4) is 0 Å². The number of hydrogen-bond donors (Lipinski definition) is 1. The van der Waals surface area contributed by atoms with Crippen LogP contribution in [0.2, 0.25) is 0 Å². The molecule has 1 N–H and O–H groups in total. The van der Waals surface area contributed by atoms with Crippen LogP contribution in [0.1, 0.15) is 83.1 Å². The molecule has 4 aliphatic heterocycles. The number of carbonyl (C=O) groups is 12. The fourth-order valence-electron chi connectivity index (χ4n) is 9.51. The highest BCUT2D eigenvalue weighted by molar-refractivity contribution is 7.99. The molecule has 4 aliphatic rings. The third kappa shape index (κ3) is 21.0. The average Bonchev–Trinajstić information content (AvgIpc) is 0.899. The van der Waals surface area contributed by atoms with Crippen LogP contribution < -0.4 is 0 Å². The zero-order chi connectivity index (χ0) is 64.6. The normalized spacial score (nSPS) is 32.0. The van der Waals surface area contributed by atoms with E-state index in [0.717, 1.165) is 94.8 Å². The van der Waals surface area contributed by atoms with Gasteiger partial charge in [0.15, 0.2) is 79.9 Å². The second-order valence-electron chi connectivity index (χ2n) is 19.7. The minimum absolute atomic E-state index is 0.589. The summed E-state index contributed by atoms with van der Waals surface area (Å²) in [6.45, 7) is 8.71. The van der Waals surface area contributed by atoms with Crippen LogP contribution in [0, 0.1) is 0 Å². The van der Waals surface area contributed by atoms with Crippen LogP contribution >= 0.6 is 11.8 Å². The molecule has 0 bridgehead atoms. The van der Waals surface area contributed by atoms with Crippen molar-refractivity contribution in [2.75, 3.05) is 26.4 Å². The predicted octanol–water partition coefficient (Wildman–Crippen LogP) is -0.0992. The Bertz CT molecular complexity index is 2620. The van der Waals surface area contributed by atoms with Gasteiger partial charge in [-0.05, 0) is 12.1 Å². The minimum Gasteiger partial charge on any atom is -0.463 e. The van der Waals surface area contributed by atoms with Crippen LogP contribution in [0.5, 0.6) is 0 Å². The van der Waals surface area contributed by atoms with Crippen molar-refractivity contribution in [1.29, 1.82) is 0 Å². The molecule has 484 valence electrons. The summed E-state index contributed by atoms with van der Waals surface area (Å²) in [4.78, 5) is 153. The van der Waals surface area contributed by atoms with Gasteiger partial charge in [0.25, 0.3) is 0 Å². The van der Waals surface area contributed by atoms with Crippen molar-refractivity contribution >= 4 is 83.4 Å². The van der Waals surface area contributed by atoms with Crippen molar-refractivity contribution in [3.63, 3.8) is 0 Å². The van der Waals surface area contributed by atoms with Gasteiger partial charge in [-0.3, -0.25) is 57.5 Å². The Morgan fingerprint density at radius 1 is 0.345 bits per heavy atom. The van der Waals surface area contributed by atoms with E-state index >= 15 is 0 Å². The Morgan fingerprint density at radius 3 is 1.06 bits per heavy atom. The second kappa shape index (κ2) is 32.7. The van der Waals surface area contributed by atoms with Crippen LogP contribution in [0.4, 0.5) is 0 Å². The zero-order valence-corrected chi connectivity index (χ0v) is 50.1. The van der Waals surface area contributed by atoms with Gasteiger partial charge in [-0.25, -0.2) is 0 Å². The number of rotatable bonds is 24. The van der Waals surface area contributed by atoms with E-state index in [2.05, 4.69) is 0 Å². The van der Waals surface area contributed by atoms with Gasteiger partial charge in [-0.15, -0.1) is 0 Å². The summed E-state index contributed by atoms with van der Waals surface area (Å²) in [5, 5.41) is 11.8. The SMILES string of the molecule is CC(=O)OC[C@H]1O[C@@H](O[C@H]2[C@H](OC(C)=O)[C@@H](OC(C)=O)[C@H](OC[C@H]3O[C@@H](OC[C@H]4O[C@@H](Sc5ccccc5)[C@H](OC(C)=O)[C@@H](OC(C)=O)[C@@H]4O)[C@H](OC(C)=O)[C@@H](OC(C)=O)[C@@H]3OC(C)=O)O[C@@H]2COC(C)=O)[C@H](OC(C)=O)[C@@H](OC(C)=O)[C@@H]1OC(C)=O. The molecule has 32 nitrogen and oxygen atoms in total. The van der Waals surface area contributed by atoms with Gasteiger partial charge in [0.2, 0.25) is 0 Å². The summed E-state index contributed by atoms with van der Waals surface area (Å²) in [5.74, 6) is -11.7. The van der Waals surface area contributed by atoms with Gasteiger partial charge in [0.05, 0.1) is 13.2 Å². The van der Waals surface area contributed by atoms with Crippen LogP contribution in [-0.2, 0) is 148 Å². The van der Waals surface area contributed by atoms with E-state index in [1.807, 2.05) is 0 Å². The molecule has 0 saturated carbocycles. The second-order valence-corrected chi connectivity index (χ2v) is 20.9. The quantitative estimate of drug-likeness (QED) is 0.104. The van der Waals surface area contributed by atoms with Gasteiger partial charge in [0, 0.05) is 88.0 Å². The molecule has 0 amide bonds. The Balaban J connectivity index is 1.58. The molecule has 0 unspecified atom stereocenters. The third-order valence-corrected chi connectivity index (χ3v) is 13.6. The van der Waals surface area contributed by atoms with E-state index in [9.17, 15) is 62.6 Å². The Morgan fingerprint density at radius 2 is 0.655 bits per heavy atom. The van der Waals surface area contributed by atoms with E-state index < -0.39 is 220 Å². The lowest BCUT2D eigenvalue weighted by Crippen LogP contribution is -2.67. The zero-order valence-electron chi connectivity index (χ0n) is 49.3. The number of aliphatic hydroxyl groups excluding tert-OH is 1. The summed E-state index contributed by atoms with van der Waals surface area (Å²) in [6, 6.07) is 8.57. The molecule has 4 fully saturated rings. The van der Waals surface area contributed by atoms with E-state index in [-0.39, 0.29) is 0 Å². The van der Waals surface area contributed by atoms with Crippen LogP contribution in [0.15, 0.2) is 35.2 Å². The Kier molecular flexibility index (Phi) is 26.6. The molecule has 87 heavy (non-hydrogen) atoms. The number of benzene rings is 1. The lowest BCUT2D eigenvalue weighted by molar-refractivity contribution is -0.366. The fourth-order valence-corrected chi connectivity index (χ4v) is 10.6. The predicted molar refractivity (Wildman–Crippen MR) is 279 cm³/mol. The highest BCUT2D eigenvalue weighted by Crippen LogP contribution is 2.40. The molecule has 4 heterocycles. The minimum atomic E-state index is -2.02. The number of ether oxygens (including phenoxy) is 19. The van der Waals surface area contributed by atoms with Crippen molar-refractivity contribution in [2.45, 2.75) is 210 Å². The first-order valence-corrected chi connectivity index (χ1v) is 27.7. The molecule has 0 radical (unpaired) electrons. The highest BCUT2D eigenvalue weighted by Gasteiger charge is 2.59. The van der Waals surface area contributed by atoms with Gasteiger partial charge < -0.3 is 95.1 Å². The topological polar surface area (TPSA) is 400 Å². The van der Waals surface area contributed by atoms with Gasteiger partial charge in [-0.2, -0.15) is 0 Å². The van der Waals surface area contributed by atoms with Crippen LogP contribution in [-0.4, -0.2) is 225 Å². The summed E-state index contributed by atoms with van der Waals surface area (Å²) in [7, 11) is 0. The van der Waals surface area contributed by atoms with Crippen LogP contribution in [0.25, 0.3) is 0 Å². The molecule has 20 atom stereocenters. The standard InChI is InChI=1S/C54H70O32S/c1-22(55)68-19-36-40(72-24(3)57)45(76-28(7)61)49(80-32(11)65)53(84-36)86-42-37(20-69-23(2)56)82-52(48(79-31(10)64)46(42)77-29(8)62)71-21-38-41(73-25(4)58)44(75-27(6)60)47(78-30(9)63)51(83-38)70-18-35-39(67)43(74-26(5)59)50(81-33(12)66)54(85-35)87-34-16-14-13-15-17-34/h13-17,35-54,67H,18-21H2,1-12H3/t35-,36-,37-,38-,39-,40-,41-,42-,43+,44+,45+,46+,47-,48-,49-,50-,51-,52-,53+,54+/m1/s1. The van der Waals surface area contributed by atoms with E-state index in [4.69, 9.17) is 90.0 Å². The smallest absolute Gasteiger partial charge is 0.303 e. The van der Waals surface area contributed by atoms with Crippen molar-refractivity contribution in [1.82, 2.24) is 0 Å². The van der Waals surface area contributed by atoms with Crippen molar-refractivity contribution in [3.8, 4) is 0 Å². The number of carbonyl (C=O) groups excluding carboxylic acids is 12. The first-order valence-electron chi connectivity index (χ1n) is 26.8. The molecule has 1 aromatic rings. The average molecular weight is 1260 g/mol. The number of hydrogen-bond acceptors (Lipinski definition) is 33. The van der Waals surface area contributed by atoms with E-state index in [1.54, 1.807) is 30.3 Å². The molecule has 4 saturated heterocycles. The maximum Gasteiger partial charge on any atom is 0.303 e. The summed E-state index contributed by atoms with van der Waals surface area (Å²) in [5.41, 5.74) is -1.20. The first-order chi connectivity index (χ1) is 40.9. The monoisotopic (exact) mass is 1260 g/mol. The molecule has 0 aliphatic carbocycles. The Labute approximate surface area is 501 Å². The molecule has 0 spiro atoms. The molecule has 33 heteroatoms. The summed E-state index contributed by atoms with van der Waals surface area (Å²) in [6.07, 6.45) is -33.9. The lowest BCUT2D eigenvalue weighted by atomic mass is 9.95. The maximum atomic E-state index is 13.2. The van der Waals surface area contributed by atoms with Gasteiger partial charge in [-0.1, -0.05) is 30.0 Å². The van der Waals surface area contributed by atoms with E-state index in [0.29, 0.717) is 4.90 Å². The van der Waals surface area contributed by atoms with Gasteiger partial charge in [0.1, 0.15) is 55.3 Å². The number of thioether (sulfide) groups is 1. The van der Waals surface area contributed by atoms with Crippen molar-refractivity contribution in [2.24, 2.45) is 0 Å². The number of aliphatic hydroxyl groups is 1. The summed E-state index contributed by atoms with van der Waals surface area (Å²) < 4.78 is 110. The van der Waals surface area contributed by atoms with Crippen molar-refractivity contribution < 1.29 is 153 Å². The summed E-state index contributed by atoms with van der Waals surface area (Å²) >= 11 is 1.03. The molecular formula is C54H70O32S. The first kappa shape index (κ1) is 70.7. The lowest BCUT2D eigenvalue weighted by Gasteiger charge is -2.49. The van der Waals surface area contributed by atoms with Gasteiger partial charge >= 0.3 is 71.6 Å². The molecule has 1 aromatic carbocycles. The number of esters is 12. The van der Waals surface area contributed by atoms with E-state index in [1.165, 1.54) is 0 Å². The molecule has 0 aromatic heterocycles. The fraction of sp³-hybridized carbons (Fsp3) is 0.667. The molecular weight excluding hydrogens is 1190 g/mol. The largest absolute Gasteiger partial charge is 0.463 e. The van der Waals surface area contributed by atoms with Crippen molar-refractivity contribution in [3.05, 3.63) is 30.3 Å². The third-order valence-electron chi connectivity index (χ3n) is 12.5. The molecule has 5 rings (SSSR count). The highest BCUT2D eigenvalue weighted by atomic mass is 32.2. The Hall–Kier alpha value is -7.11.